The van der Waals surface area contributed by atoms with Crippen LogP contribution in [0.4, 0.5) is 5.69 Å². The molecule has 110 valence electrons. The molecule has 0 aliphatic heterocycles. The van der Waals surface area contributed by atoms with Gasteiger partial charge in [-0.2, -0.15) is 0 Å². The number of hydrogen-bond acceptors (Lipinski definition) is 3. The molecule has 3 rings (SSSR count). The van der Waals surface area contributed by atoms with Crippen molar-refractivity contribution in [3.63, 3.8) is 0 Å². The van der Waals surface area contributed by atoms with Crippen molar-refractivity contribution in [3.8, 4) is 0 Å². The van der Waals surface area contributed by atoms with E-state index in [0.717, 1.165) is 5.39 Å². The Labute approximate surface area is 128 Å². The molecule has 0 saturated carbocycles. The lowest BCUT2D eigenvalue weighted by Gasteiger charge is -2.11. The van der Waals surface area contributed by atoms with Crippen LogP contribution in [0.5, 0.6) is 0 Å². The summed E-state index contributed by atoms with van der Waals surface area (Å²) in [6, 6.07) is 18.8. The topological polar surface area (TPSA) is 63.2 Å². The number of benzene rings is 3. The van der Waals surface area contributed by atoms with Crippen LogP contribution in [-0.2, 0) is 10.0 Å². The first-order chi connectivity index (χ1) is 10.6. The van der Waals surface area contributed by atoms with Crippen molar-refractivity contribution in [1.82, 2.24) is 0 Å². The van der Waals surface area contributed by atoms with Crippen molar-refractivity contribution in [2.24, 2.45) is 0 Å². The fourth-order valence-electron chi connectivity index (χ4n) is 2.32. The summed E-state index contributed by atoms with van der Waals surface area (Å²) >= 11 is 0. The number of carbonyl (C=O) groups is 1. The average Bonchev–Trinajstić information content (AvgIpc) is 2.54. The lowest BCUT2D eigenvalue weighted by Crippen LogP contribution is -2.14. The second kappa shape index (κ2) is 5.61. The fourth-order valence-corrected chi connectivity index (χ4v) is 3.64. The molecule has 4 nitrogen and oxygen atoms in total. The summed E-state index contributed by atoms with van der Waals surface area (Å²) in [4.78, 5) is 11.2. The first kappa shape index (κ1) is 14.3. The first-order valence-electron chi connectivity index (χ1n) is 6.66. The van der Waals surface area contributed by atoms with E-state index >= 15 is 0 Å². The van der Waals surface area contributed by atoms with E-state index in [2.05, 4.69) is 4.72 Å². The van der Waals surface area contributed by atoms with Crippen molar-refractivity contribution >= 4 is 32.8 Å². The Morgan fingerprint density at radius 2 is 1.50 bits per heavy atom. The third-order valence-corrected chi connectivity index (χ3v) is 4.79. The molecule has 0 amide bonds. The SMILES string of the molecule is O=Cc1ccccc1NS(=O)(=O)c1cccc2ccccc12. The standard InChI is InChI=1S/C17H13NO3S/c19-12-14-7-2-4-10-16(14)18-22(20,21)17-11-5-8-13-6-1-3-9-15(13)17/h1-12,18H. The maximum Gasteiger partial charge on any atom is 0.262 e. The monoisotopic (exact) mass is 311 g/mol. The number of anilines is 1. The Morgan fingerprint density at radius 3 is 2.32 bits per heavy atom. The molecule has 0 aliphatic rings. The number of sulfonamides is 1. The van der Waals surface area contributed by atoms with Crippen molar-refractivity contribution in [2.45, 2.75) is 4.90 Å². The molecule has 1 N–H and O–H groups in total. The highest BCUT2D eigenvalue weighted by molar-refractivity contribution is 7.93. The van der Waals surface area contributed by atoms with Crippen LogP contribution in [0.2, 0.25) is 0 Å². The predicted molar refractivity (Wildman–Crippen MR) is 86.6 cm³/mol. The zero-order valence-electron chi connectivity index (χ0n) is 11.6. The molecular weight excluding hydrogens is 298 g/mol. The van der Waals surface area contributed by atoms with Gasteiger partial charge in [-0.3, -0.25) is 9.52 Å². The molecule has 0 atom stereocenters. The molecule has 0 unspecified atom stereocenters. The van der Waals surface area contributed by atoms with Crippen LogP contribution < -0.4 is 4.72 Å². The van der Waals surface area contributed by atoms with Gasteiger partial charge in [-0.1, -0.05) is 48.5 Å². The van der Waals surface area contributed by atoms with E-state index in [4.69, 9.17) is 0 Å². The lowest BCUT2D eigenvalue weighted by atomic mass is 10.1. The number of rotatable bonds is 4. The molecule has 0 aromatic heterocycles. The van der Waals surface area contributed by atoms with Crippen LogP contribution in [0.25, 0.3) is 10.8 Å². The lowest BCUT2D eigenvalue weighted by molar-refractivity contribution is 0.112. The van der Waals surface area contributed by atoms with E-state index in [1.54, 1.807) is 48.5 Å². The van der Waals surface area contributed by atoms with E-state index in [-0.39, 0.29) is 10.6 Å². The number of fused-ring (bicyclic) bond motifs is 1. The van der Waals surface area contributed by atoms with E-state index in [1.807, 2.05) is 18.2 Å². The van der Waals surface area contributed by atoms with Crippen LogP contribution in [-0.4, -0.2) is 14.7 Å². The third-order valence-electron chi connectivity index (χ3n) is 3.37. The van der Waals surface area contributed by atoms with Gasteiger partial charge in [-0.25, -0.2) is 8.42 Å². The number of carbonyl (C=O) groups excluding carboxylic acids is 1. The highest BCUT2D eigenvalue weighted by Crippen LogP contribution is 2.25. The molecule has 5 heteroatoms. The molecule has 0 spiro atoms. The summed E-state index contributed by atoms with van der Waals surface area (Å²) in [6.45, 7) is 0. The molecule has 0 fully saturated rings. The summed E-state index contributed by atoms with van der Waals surface area (Å²) in [5.74, 6) is 0. The van der Waals surface area contributed by atoms with Gasteiger partial charge in [0.05, 0.1) is 10.6 Å². The Bertz CT molecular complexity index is 944. The Morgan fingerprint density at radius 1 is 0.818 bits per heavy atom. The maximum absolute atomic E-state index is 12.7. The van der Waals surface area contributed by atoms with Gasteiger partial charge in [0.1, 0.15) is 0 Å². The van der Waals surface area contributed by atoms with Gasteiger partial charge in [0.2, 0.25) is 0 Å². The average molecular weight is 311 g/mol. The summed E-state index contributed by atoms with van der Waals surface area (Å²) < 4.78 is 27.8. The van der Waals surface area contributed by atoms with Gasteiger partial charge in [-0.15, -0.1) is 0 Å². The second-order valence-electron chi connectivity index (χ2n) is 4.79. The summed E-state index contributed by atoms with van der Waals surface area (Å²) in [6.07, 6.45) is 0.626. The Hall–Kier alpha value is -2.66. The van der Waals surface area contributed by atoms with Crippen molar-refractivity contribution in [1.29, 1.82) is 0 Å². The molecule has 0 radical (unpaired) electrons. The van der Waals surface area contributed by atoms with Crippen molar-refractivity contribution in [2.75, 3.05) is 4.72 Å². The van der Waals surface area contributed by atoms with Gasteiger partial charge in [0.15, 0.2) is 6.29 Å². The molecule has 0 bridgehead atoms. The van der Waals surface area contributed by atoms with Gasteiger partial charge in [0.25, 0.3) is 10.0 Å². The molecule has 0 heterocycles. The van der Waals surface area contributed by atoms with E-state index < -0.39 is 10.0 Å². The summed E-state index contributed by atoms with van der Waals surface area (Å²) in [7, 11) is -3.78. The molecular formula is C17H13NO3S. The summed E-state index contributed by atoms with van der Waals surface area (Å²) in [5, 5.41) is 1.48. The van der Waals surface area contributed by atoms with Gasteiger partial charge >= 0.3 is 0 Å². The van der Waals surface area contributed by atoms with Gasteiger partial charge in [0, 0.05) is 10.9 Å². The fraction of sp³-hybridized carbons (Fsp3) is 0. The quantitative estimate of drug-likeness (QED) is 0.751. The van der Waals surface area contributed by atoms with Crippen molar-refractivity contribution in [3.05, 3.63) is 72.3 Å². The zero-order valence-corrected chi connectivity index (χ0v) is 12.4. The highest BCUT2D eigenvalue weighted by atomic mass is 32.2. The van der Waals surface area contributed by atoms with Gasteiger partial charge < -0.3 is 0 Å². The van der Waals surface area contributed by atoms with Crippen molar-refractivity contribution < 1.29 is 13.2 Å². The largest absolute Gasteiger partial charge is 0.298 e. The number of nitrogens with one attached hydrogen (secondary N) is 1. The summed E-state index contributed by atoms with van der Waals surface area (Å²) in [5.41, 5.74) is 0.566. The molecule has 0 saturated heterocycles. The Balaban J connectivity index is 2.11. The first-order valence-corrected chi connectivity index (χ1v) is 8.15. The molecule has 3 aromatic carbocycles. The van der Waals surface area contributed by atoms with E-state index in [0.29, 0.717) is 17.2 Å². The normalized spacial score (nSPS) is 11.3. The van der Waals surface area contributed by atoms with E-state index in [1.165, 1.54) is 0 Å². The van der Waals surface area contributed by atoms with Crippen LogP contribution in [0.1, 0.15) is 10.4 Å². The predicted octanol–water partition coefficient (Wildman–Crippen LogP) is 3.45. The van der Waals surface area contributed by atoms with Gasteiger partial charge in [-0.05, 0) is 23.6 Å². The maximum atomic E-state index is 12.7. The second-order valence-corrected chi connectivity index (χ2v) is 6.44. The highest BCUT2D eigenvalue weighted by Gasteiger charge is 2.18. The Kier molecular flexibility index (Phi) is 3.65. The number of aldehydes is 1. The van der Waals surface area contributed by atoms with Crippen LogP contribution in [0.15, 0.2) is 71.6 Å². The number of para-hydroxylation sites is 1. The molecule has 22 heavy (non-hydrogen) atoms. The third kappa shape index (κ3) is 2.58. The minimum absolute atomic E-state index is 0.186. The van der Waals surface area contributed by atoms with Crippen LogP contribution in [0, 0.1) is 0 Å². The molecule has 0 aliphatic carbocycles. The van der Waals surface area contributed by atoms with Crippen LogP contribution in [0.3, 0.4) is 0 Å². The number of hydrogen-bond donors (Lipinski definition) is 1. The molecule has 3 aromatic rings. The smallest absolute Gasteiger partial charge is 0.262 e. The zero-order chi connectivity index (χ0) is 15.6. The van der Waals surface area contributed by atoms with E-state index in [9.17, 15) is 13.2 Å². The minimum Gasteiger partial charge on any atom is -0.298 e. The minimum atomic E-state index is -3.78. The van der Waals surface area contributed by atoms with Crippen LogP contribution >= 0.6 is 0 Å².